The predicted molar refractivity (Wildman–Crippen MR) is 80.7 cm³/mol. The first-order valence-corrected chi connectivity index (χ1v) is 7.47. The Hall–Kier alpha value is -1.25. The molecule has 106 valence electrons. The van der Waals surface area contributed by atoms with Gasteiger partial charge in [-0.05, 0) is 37.2 Å². The lowest BCUT2D eigenvalue weighted by atomic mass is 9.75. The average molecular weight is 262 g/mol. The van der Waals surface area contributed by atoms with Crippen LogP contribution in [0.25, 0.3) is 0 Å². The van der Waals surface area contributed by atoms with E-state index in [1.165, 1.54) is 25.7 Å². The van der Waals surface area contributed by atoms with Gasteiger partial charge in [-0.1, -0.05) is 27.2 Å². The van der Waals surface area contributed by atoms with Crippen LogP contribution in [0.2, 0.25) is 0 Å². The summed E-state index contributed by atoms with van der Waals surface area (Å²) in [6.45, 7) is 7.58. The molecule has 0 amide bonds. The Morgan fingerprint density at radius 2 is 2.21 bits per heavy atom. The Morgan fingerprint density at radius 3 is 2.89 bits per heavy atom. The van der Waals surface area contributed by atoms with Gasteiger partial charge in [0.1, 0.15) is 0 Å². The molecular weight excluding hydrogens is 236 g/mol. The van der Waals surface area contributed by atoms with Crippen LogP contribution in [0.15, 0.2) is 23.1 Å². The number of hydrogen-bond donors (Lipinski definition) is 1. The summed E-state index contributed by atoms with van der Waals surface area (Å²) >= 11 is 0. The first kappa shape index (κ1) is 14.2. The van der Waals surface area contributed by atoms with E-state index in [-0.39, 0.29) is 5.56 Å². The molecule has 1 aromatic heterocycles. The second kappa shape index (κ2) is 5.81. The minimum Gasteiger partial charge on any atom is -0.381 e. The third-order valence-electron chi connectivity index (χ3n) is 4.02. The quantitative estimate of drug-likeness (QED) is 0.899. The van der Waals surface area contributed by atoms with Crippen LogP contribution in [0.4, 0.5) is 5.69 Å². The van der Waals surface area contributed by atoms with E-state index in [9.17, 15) is 4.79 Å². The average Bonchev–Trinajstić information content (AvgIpc) is 2.32. The van der Waals surface area contributed by atoms with E-state index >= 15 is 0 Å². The minimum atomic E-state index is 0.0939. The summed E-state index contributed by atoms with van der Waals surface area (Å²) in [4.78, 5) is 11.7. The molecule has 0 aliphatic heterocycles. The monoisotopic (exact) mass is 262 g/mol. The number of pyridine rings is 1. The minimum absolute atomic E-state index is 0.0939. The lowest BCUT2D eigenvalue weighted by molar-refractivity contribution is 0.229. The largest absolute Gasteiger partial charge is 0.381 e. The maximum Gasteiger partial charge on any atom is 0.250 e. The fraction of sp³-hybridized carbons (Fsp3) is 0.688. The lowest BCUT2D eigenvalue weighted by Gasteiger charge is -2.36. The van der Waals surface area contributed by atoms with Gasteiger partial charge in [-0.2, -0.15) is 0 Å². The zero-order valence-corrected chi connectivity index (χ0v) is 12.4. The fourth-order valence-electron chi connectivity index (χ4n) is 3.09. The molecule has 0 bridgehead atoms. The summed E-state index contributed by atoms with van der Waals surface area (Å²) in [6.07, 6.45) is 8.00. The predicted octanol–water partition coefficient (Wildman–Crippen LogP) is 3.64. The van der Waals surface area contributed by atoms with Crippen LogP contribution in [-0.2, 0) is 6.54 Å². The van der Waals surface area contributed by atoms with Crippen molar-refractivity contribution in [2.75, 3.05) is 5.32 Å². The maximum atomic E-state index is 11.7. The van der Waals surface area contributed by atoms with Crippen molar-refractivity contribution in [1.82, 2.24) is 4.57 Å². The number of aromatic nitrogens is 1. The van der Waals surface area contributed by atoms with Gasteiger partial charge in [-0.25, -0.2) is 0 Å². The molecule has 0 saturated heterocycles. The van der Waals surface area contributed by atoms with Gasteiger partial charge in [-0.3, -0.25) is 4.79 Å². The number of aryl methyl sites for hydroxylation is 1. The van der Waals surface area contributed by atoms with Gasteiger partial charge in [0, 0.05) is 24.8 Å². The van der Waals surface area contributed by atoms with E-state index in [1.54, 1.807) is 10.6 Å². The molecular formula is C16H26N2O. The Labute approximate surface area is 116 Å². The van der Waals surface area contributed by atoms with Crippen LogP contribution in [-0.4, -0.2) is 10.6 Å². The van der Waals surface area contributed by atoms with Gasteiger partial charge in [0.05, 0.1) is 5.69 Å². The van der Waals surface area contributed by atoms with Gasteiger partial charge < -0.3 is 9.88 Å². The van der Waals surface area contributed by atoms with Crippen LogP contribution in [0.1, 0.15) is 52.9 Å². The van der Waals surface area contributed by atoms with Crippen molar-refractivity contribution in [1.29, 1.82) is 0 Å². The molecule has 2 rings (SSSR count). The van der Waals surface area contributed by atoms with Crippen molar-refractivity contribution in [3.8, 4) is 0 Å². The second-order valence-electron chi connectivity index (χ2n) is 6.55. The maximum absolute atomic E-state index is 11.7. The summed E-state index contributed by atoms with van der Waals surface area (Å²) in [5.74, 6) is 0. The van der Waals surface area contributed by atoms with Crippen molar-refractivity contribution in [3.63, 3.8) is 0 Å². The van der Waals surface area contributed by atoms with Gasteiger partial charge >= 0.3 is 0 Å². The van der Waals surface area contributed by atoms with Gasteiger partial charge in [-0.15, -0.1) is 0 Å². The SMILES string of the molecule is CCCn1cc(NC2CCCC(C)(C)C2)ccc1=O. The van der Waals surface area contributed by atoms with Crippen LogP contribution >= 0.6 is 0 Å². The van der Waals surface area contributed by atoms with Gasteiger partial charge in [0.2, 0.25) is 0 Å². The topological polar surface area (TPSA) is 34.0 Å². The van der Waals surface area contributed by atoms with Crippen LogP contribution in [0, 0.1) is 5.41 Å². The molecule has 1 aliphatic rings. The Morgan fingerprint density at radius 1 is 1.42 bits per heavy atom. The summed E-state index contributed by atoms with van der Waals surface area (Å²) in [5.41, 5.74) is 1.61. The smallest absolute Gasteiger partial charge is 0.250 e. The van der Waals surface area contributed by atoms with E-state index in [0.717, 1.165) is 18.7 Å². The molecule has 19 heavy (non-hydrogen) atoms. The standard InChI is InChI=1S/C16H26N2O/c1-4-10-18-12-14(7-8-15(18)19)17-13-6-5-9-16(2,3)11-13/h7-8,12-13,17H,4-6,9-11H2,1-3H3. The zero-order chi connectivity index (χ0) is 13.9. The van der Waals surface area contributed by atoms with Gasteiger partial charge in [0.25, 0.3) is 5.56 Å². The molecule has 1 N–H and O–H groups in total. The van der Waals surface area contributed by atoms with Crippen molar-refractivity contribution >= 4 is 5.69 Å². The fourth-order valence-corrected chi connectivity index (χ4v) is 3.09. The first-order chi connectivity index (χ1) is 9.00. The third kappa shape index (κ3) is 3.85. The Kier molecular flexibility index (Phi) is 4.33. The molecule has 1 unspecified atom stereocenters. The summed E-state index contributed by atoms with van der Waals surface area (Å²) in [6, 6.07) is 4.12. The van der Waals surface area contributed by atoms with Crippen molar-refractivity contribution < 1.29 is 0 Å². The normalized spacial score (nSPS) is 22.2. The second-order valence-corrected chi connectivity index (χ2v) is 6.55. The molecule has 1 aliphatic carbocycles. The van der Waals surface area contributed by atoms with Crippen molar-refractivity contribution in [3.05, 3.63) is 28.7 Å². The van der Waals surface area contributed by atoms with Crippen molar-refractivity contribution in [2.45, 2.75) is 65.5 Å². The van der Waals surface area contributed by atoms with E-state index in [2.05, 4.69) is 26.1 Å². The van der Waals surface area contributed by atoms with Crippen LogP contribution < -0.4 is 10.9 Å². The molecule has 1 fully saturated rings. The Bertz CT molecular complexity index is 476. The molecule has 3 nitrogen and oxygen atoms in total. The van der Waals surface area contributed by atoms with Crippen LogP contribution in [0.5, 0.6) is 0 Å². The number of anilines is 1. The zero-order valence-electron chi connectivity index (χ0n) is 12.4. The first-order valence-electron chi connectivity index (χ1n) is 7.47. The highest BCUT2D eigenvalue weighted by atomic mass is 16.1. The Balaban J connectivity index is 2.06. The van der Waals surface area contributed by atoms with Crippen molar-refractivity contribution in [2.24, 2.45) is 5.41 Å². The van der Waals surface area contributed by atoms with Crippen LogP contribution in [0.3, 0.4) is 0 Å². The molecule has 3 heteroatoms. The third-order valence-corrected chi connectivity index (χ3v) is 4.02. The van der Waals surface area contributed by atoms with E-state index < -0.39 is 0 Å². The van der Waals surface area contributed by atoms with E-state index in [1.807, 2.05) is 12.3 Å². The molecule has 1 aromatic rings. The molecule has 1 heterocycles. The highest BCUT2D eigenvalue weighted by molar-refractivity contribution is 5.41. The summed E-state index contributed by atoms with van der Waals surface area (Å²) < 4.78 is 1.80. The molecule has 1 saturated carbocycles. The number of nitrogens with zero attached hydrogens (tertiary/aromatic N) is 1. The highest BCUT2D eigenvalue weighted by Gasteiger charge is 2.27. The molecule has 0 radical (unpaired) electrons. The molecule has 0 aromatic carbocycles. The van der Waals surface area contributed by atoms with E-state index in [4.69, 9.17) is 0 Å². The van der Waals surface area contributed by atoms with E-state index in [0.29, 0.717) is 11.5 Å². The number of nitrogens with one attached hydrogen (secondary N) is 1. The highest BCUT2D eigenvalue weighted by Crippen LogP contribution is 2.36. The summed E-state index contributed by atoms with van der Waals surface area (Å²) in [7, 11) is 0. The number of hydrogen-bond acceptors (Lipinski definition) is 2. The lowest BCUT2D eigenvalue weighted by Crippen LogP contribution is -2.32. The molecule has 1 atom stereocenters. The number of rotatable bonds is 4. The summed E-state index contributed by atoms with van der Waals surface area (Å²) in [5, 5.41) is 3.60. The van der Waals surface area contributed by atoms with Gasteiger partial charge in [0.15, 0.2) is 0 Å². The molecule has 0 spiro atoms.